The van der Waals surface area contributed by atoms with Gasteiger partial charge in [-0.15, -0.1) is 10.2 Å². The van der Waals surface area contributed by atoms with E-state index in [0.717, 1.165) is 41.7 Å². The third kappa shape index (κ3) is 3.73. The molecule has 6 rings (SSSR count). The highest BCUT2D eigenvalue weighted by Crippen LogP contribution is 2.60. The summed E-state index contributed by atoms with van der Waals surface area (Å²) in [5, 5.41) is 11.2. The summed E-state index contributed by atoms with van der Waals surface area (Å²) in [7, 11) is -3.87. The predicted octanol–water partition coefficient (Wildman–Crippen LogP) is 4.53. The zero-order chi connectivity index (χ0) is 22.7. The Balaban J connectivity index is 1.36. The van der Waals surface area contributed by atoms with Crippen LogP contribution in [0.25, 0.3) is 0 Å². The van der Waals surface area contributed by atoms with Gasteiger partial charge < -0.3 is 5.32 Å². The van der Waals surface area contributed by atoms with Gasteiger partial charge in [-0.3, -0.25) is 9.10 Å². The number of rotatable bonds is 6. The maximum absolute atomic E-state index is 13.3. The fourth-order valence-corrected chi connectivity index (χ4v) is 9.12. The first-order valence-electron chi connectivity index (χ1n) is 11.4. The van der Waals surface area contributed by atoms with E-state index in [4.69, 9.17) is 0 Å². The molecule has 1 aromatic heterocycles. The van der Waals surface area contributed by atoms with Crippen LogP contribution in [-0.2, 0) is 14.8 Å². The second-order valence-corrected chi connectivity index (χ2v) is 13.1. The molecule has 2 aromatic rings. The van der Waals surface area contributed by atoms with Crippen molar-refractivity contribution in [3.63, 3.8) is 0 Å². The minimum Gasteiger partial charge on any atom is -0.300 e. The number of sulfonamides is 1. The molecule has 1 amide bonds. The van der Waals surface area contributed by atoms with E-state index in [2.05, 4.69) is 15.5 Å². The number of hydrogen-bond acceptors (Lipinski definition) is 6. The molecule has 9 heteroatoms. The second-order valence-electron chi connectivity index (χ2n) is 10.0. The van der Waals surface area contributed by atoms with Crippen molar-refractivity contribution >= 4 is 38.1 Å². The van der Waals surface area contributed by atoms with E-state index in [0.29, 0.717) is 23.4 Å². The molecule has 0 spiro atoms. The molecule has 32 heavy (non-hydrogen) atoms. The van der Waals surface area contributed by atoms with Crippen molar-refractivity contribution in [2.75, 3.05) is 16.2 Å². The molecule has 0 unspecified atom stereocenters. The average Bonchev–Trinajstić information content (AvgIpc) is 3.16. The van der Waals surface area contributed by atoms with Gasteiger partial charge in [0, 0.05) is 6.54 Å². The van der Waals surface area contributed by atoms with E-state index >= 15 is 0 Å². The normalized spacial score (nSPS) is 28.7. The van der Waals surface area contributed by atoms with Gasteiger partial charge in [-0.05, 0) is 100 Å². The van der Waals surface area contributed by atoms with E-state index in [1.807, 2.05) is 32.0 Å². The largest absolute Gasteiger partial charge is 0.300 e. The molecule has 1 N–H and O–H groups in total. The third-order valence-corrected chi connectivity index (χ3v) is 10.5. The monoisotopic (exact) mass is 474 g/mol. The first kappa shape index (κ1) is 21.8. The zero-order valence-electron chi connectivity index (χ0n) is 18.8. The smallest absolute Gasteiger partial charge is 0.293 e. The Kier molecular flexibility index (Phi) is 5.32. The molecule has 0 atom stereocenters. The lowest BCUT2D eigenvalue weighted by atomic mass is 9.49. The molecule has 0 radical (unpaired) electrons. The van der Waals surface area contributed by atoms with E-state index in [-0.39, 0.29) is 27.3 Å². The SMILES string of the molecule is CCN(c1cc(C)cc(C)c1)S(=O)(=O)c1nnc(NC(=O)C23CC4CC(CC(C4)C2)C3)s1. The Morgan fingerprint density at radius 2 is 1.62 bits per heavy atom. The summed E-state index contributed by atoms with van der Waals surface area (Å²) in [6.07, 6.45) is 6.64. The van der Waals surface area contributed by atoms with Crippen molar-refractivity contribution in [2.45, 2.75) is 63.6 Å². The van der Waals surface area contributed by atoms with Crippen molar-refractivity contribution in [2.24, 2.45) is 23.2 Å². The summed E-state index contributed by atoms with van der Waals surface area (Å²) in [5.74, 6) is 1.98. The Labute approximate surface area is 193 Å². The van der Waals surface area contributed by atoms with E-state index < -0.39 is 10.0 Å². The lowest BCUT2D eigenvalue weighted by Crippen LogP contribution is -2.51. The summed E-state index contributed by atoms with van der Waals surface area (Å²) < 4.78 is 27.9. The number of nitrogens with zero attached hydrogens (tertiary/aromatic N) is 3. The van der Waals surface area contributed by atoms with Crippen molar-refractivity contribution in [3.8, 4) is 0 Å². The van der Waals surface area contributed by atoms with Gasteiger partial charge in [0.2, 0.25) is 11.0 Å². The maximum Gasteiger partial charge on any atom is 0.293 e. The molecule has 4 aliphatic carbocycles. The van der Waals surface area contributed by atoms with Gasteiger partial charge >= 0.3 is 0 Å². The number of nitrogens with one attached hydrogen (secondary N) is 1. The van der Waals surface area contributed by atoms with Crippen LogP contribution < -0.4 is 9.62 Å². The van der Waals surface area contributed by atoms with Crippen molar-refractivity contribution in [1.29, 1.82) is 0 Å². The van der Waals surface area contributed by atoms with Crippen LogP contribution in [0.5, 0.6) is 0 Å². The number of anilines is 2. The molecule has 0 saturated heterocycles. The first-order valence-corrected chi connectivity index (χ1v) is 13.7. The van der Waals surface area contributed by atoms with Crippen LogP contribution >= 0.6 is 11.3 Å². The number of aromatic nitrogens is 2. The molecule has 4 fully saturated rings. The molecule has 0 aliphatic heterocycles. The topological polar surface area (TPSA) is 92.3 Å². The lowest BCUT2D eigenvalue weighted by molar-refractivity contribution is -0.140. The van der Waals surface area contributed by atoms with Crippen LogP contribution in [0.15, 0.2) is 22.5 Å². The van der Waals surface area contributed by atoms with Crippen molar-refractivity contribution < 1.29 is 13.2 Å². The molecule has 1 aromatic carbocycles. The fourth-order valence-electron chi connectivity index (χ4n) is 6.66. The van der Waals surface area contributed by atoms with Gasteiger partial charge in [0.25, 0.3) is 14.4 Å². The van der Waals surface area contributed by atoms with Crippen LogP contribution in [0.4, 0.5) is 10.8 Å². The van der Waals surface area contributed by atoms with Crippen LogP contribution in [0, 0.1) is 37.0 Å². The highest BCUT2D eigenvalue weighted by molar-refractivity contribution is 7.94. The molecule has 1 heterocycles. The van der Waals surface area contributed by atoms with Crippen molar-refractivity contribution in [1.82, 2.24) is 10.2 Å². The highest BCUT2D eigenvalue weighted by atomic mass is 32.2. The fraction of sp³-hybridized carbons (Fsp3) is 0.609. The van der Waals surface area contributed by atoms with Crippen LogP contribution in [0.2, 0.25) is 0 Å². The molecule has 4 aliphatic rings. The van der Waals surface area contributed by atoms with Gasteiger partial charge in [0.05, 0.1) is 11.1 Å². The van der Waals surface area contributed by atoms with Gasteiger partial charge in [-0.2, -0.15) is 8.42 Å². The first-order chi connectivity index (χ1) is 15.2. The maximum atomic E-state index is 13.3. The Morgan fingerprint density at radius 3 is 2.16 bits per heavy atom. The number of aryl methyl sites for hydroxylation is 2. The lowest BCUT2D eigenvalue weighted by Gasteiger charge is -2.55. The molecule has 7 nitrogen and oxygen atoms in total. The van der Waals surface area contributed by atoms with Gasteiger partial charge in [0.1, 0.15) is 0 Å². The third-order valence-electron chi connectivity index (χ3n) is 7.44. The number of hydrogen-bond donors (Lipinski definition) is 1. The van der Waals surface area contributed by atoms with Gasteiger partial charge in [-0.25, -0.2) is 0 Å². The molecule has 172 valence electrons. The van der Waals surface area contributed by atoms with Gasteiger partial charge in [-0.1, -0.05) is 17.4 Å². The van der Waals surface area contributed by atoms with E-state index in [1.165, 1.54) is 23.6 Å². The number of benzene rings is 1. The highest BCUT2D eigenvalue weighted by Gasteiger charge is 2.54. The number of carbonyl (C=O) groups is 1. The number of carbonyl (C=O) groups excluding carboxylic acids is 1. The Morgan fingerprint density at radius 1 is 1.06 bits per heavy atom. The summed E-state index contributed by atoms with van der Waals surface area (Å²) in [6, 6.07) is 5.71. The van der Waals surface area contributed by atoms with E-state index in [1.54, 1.807) is 6.92 Å². The number of amides is 1. The quantitative estimate of drug-likeness (QED) is 0.621. The summed E-state index contributed by atoms with van der Waals surface area (Å²) in [6.45, 7) is 5.96. The predicted molar refractivity (Wildman–Crippen MR) is 125 cm³/mol. The standard InChI is InChI=1S/C23H30N4O3S2/c1-4-27(19-6-14(2)5-15(3)7-19)32(29,30)22-26-25-21(31-22)24-20(28)23-11-16-8-17(12-23)10-18(9-16)13-23/h5-7,16-18H,4,8-13H2,1-3H3,(H,24,25,28). The average molecular weight is 475 g/mol. The molecular weight excluding hydrogens is 444 g/mol. The van der Waals surface area contributed by atoms with Crippen LogP contribution in [-0.4, -0.2) is 31.1 Å². The van der Waals surface area contributed by atoms with Crippen molar-refractivity contribution in [3.05, 3.63) is 29.3 Å². The Bertz CT molecular complexity index is 1100. The van der Waals surface area contributed by atoms with Crippen LogP contribution in [0.3, 0.4) is 0 Å². The van der Waals surface area contributed by atoms with Gasteiger partial charge in [0.15, 0.2) is 0 Å². The molecule has 4 saturated carbocycles. The summed E-state index contributed by atoms with van der Waals surface area (Å²) in [4.78, 5) is 13.3. The zero-order valence-corrected chi connectivity index (χ0v) is 20.4. The minimum absolute atomic E-state index is 0.00152. The summed E-state index contributed by atoms with van der Waals surface area (Å²) in [5.41, 5.74) is 2.29. The van der Waals surface area contributed by atoms with Crippen LogP contribution in [0.1, 0.15) is 56.6 Å². The van der Waals surface area contributed by atoms with E-state index in [9.17, 15) is 13.2 Å². The minimum atomic E-state index is -3.87. The second kappa shape index (κ2) is 7.80. The Hall–Kier alpha value is -2.00. The molecular formula is C23H30N4O3S2. The summed E-state index contributed by atoms with van der Waals surface area (Å²) >= 11 is 0.935. The molecule has 4 bridgehead atoms.